The Balaban J connectivity index is 2.23. The third-order valence-electron chi connectivity index (χ3n) is 2.84. The number of carbonyl (C=O) groups is 1. The Morgan fingerprint density at radius 1 is 1.33 bits per heavy atom. The first-order valence-corrected chi connectivity index (χ1v) is 7.33. The van der Waals surface area contributed by atoms with Gasteiger partial charge in [-0.15, -0.1) is 11.3 Å². The third kappa shape index (κ3) is 3.57. The Bertz CT molecular complexity index is 641. The van der Waals surface area contributed by atoms with Crippen LogP contribution in [0.4, 0.5) is 11.4 Å². The van der Waals surface area contributed by atoms with Crippen molar-refractivity contribution in [2.75, 3.05) is 11.9 Å². The summed E-state index contributed by atoms with van der Waals surface area (Å²) in [5.41, 5.74) is 0.442. The minimum Gasteiger partial charge on any atom is -0.379 e. The zero-order chi connectivity index (χ0) is 15.2. The number of amides is 1. The van der Waals surface area contributed by atoms with Gasteiger partial charge in [0.2, 0.25) is 0 Å². The van der Waals surface area contributed by atoms with Gasteiger partial charge in [0.05, 0.1) is 17.0 Å². The number of para-hydroxylation sites is 1. The second-order valence-electron chi connectivity index (χ2n) is 4.25. The zero-order valence-corrected chi connectivity index (χ0v) is 12.3. The lowest BCUT2D eigenvalue weighted by Crippen LogP contribution is -2.24. The van der Waals surface area contributed by atoms with E-state index in [1.165, 1.54) is 12.1 Å². The number of nitrogens with zero attached hydrogens (tertiary/aromatic N) is 1. The van der Waals surface area contributed by atoms with E-state index < -0.39 is 4.92 Å². The SMILES string of the molecule is CCNc1c(C(=O)NCc2cccs2)cccc1[N+](=O)[O-]. The number of nitrogens with one attached hydrogen (secondary N) is 2. The molecule has 0 unspecified atom stereocenters. The highest BCUT2D eigenvalue weighted by Crippen LogP contribution is 2.28. The zero-order valence-electron chi connectivity index (χ0n) is 11.5. The quantitative estimate of drug-likeness (QED) is 0.634. The number of carbonyl (C=O) groups excluding carboxylic acids is 1. The second kappa shape index (κ2) is 6.85. The van der Waals surface area contributed by atoms with Crippen molar-refractivity contribution in [2.45, 2.75) is 13.5 Å². The van der Waals surface area contributed by atoms with Gasteiger partial charge in [0.25, 0.3) is 11.6 Å². The Labute approximate surface area is 126 Å². The summed E-state index contributed by atoms with van der Waals surface area (Å²) >= 11 is 1.54. The maximum Gasteiger partial charge on any atom is 0.293 e. The molecular weight excluding hydrogens is 290 g/mol. The highest BCUT2D eigenvalue weighted by Gasteiger charge is 2.20. The smallest absolute Gasteiger partial charge is 0.293 e. The molecule has 0 atom stereocenters. The van der Waals surface area contributed by atoms with Crippen molar-refractivity contribution in [3.8, 4) is 0 Å². The second-order valence-corrected chi connectivity index (χ2v) is 5.28. The number of nitro benzene ring substituents is 1. The molecule has 1 aromatic heterocycles. The number of rotatable bonds is 6. The molecule has 0 radical (unpaired) electrons. The number of nitro groups is 1. The molecule has 1 aromatic carbocycles. The number of benzene rings is 1. The van der Waals surface area contributed by atoms with Crippen molar-refractivity contribution < 1.29 is 9.72 Å². The molecule has 0 aliphatic carbocycles. The fraction of sp³-hybridized carbons (Fsp3) is 0.214. The molecule has 0 saturated heterocycles. The molecule has 0 bridgehead atoms. The van der Waals surface area contributed by atoms with E-state index in [-0.39, 0.29) is 22.8 Å². The summed E-state index contributed by atoms with van der Waals surface area (Å²) in [6, 6.07) is 8.30. The first kappa shape index (κ1) is 15.0. The van der Waals surface area contributed by atoms with Crippen molar-refractivity contribution in [3.63, 3.8) is 0 Å². The lowest BCUT2D eigenvalue weighted by molar-refractivity contribution is -0.384. The molecule has 7 heteroatoms. The normalized spacial score (nSPS) is 10.1. The molecule has 0 saturated carbocycles. The average molecular weight is 305 g/mol. The summed E-state index contributed by atoms with van der Waals surface area (Å²) in [6.07, 6.45) is 0. The molecule has 110 valence electrons. The van der Waals surface area contributed by atoms with Gasteiger partial charge in [-0.2, -0.15) is 0 Å². The van der Waals surface area contributed by atoms with Crippen LogP contribution in [0, 0.1) is 10.1 Å². The maximum atomic E-state index is 12.2. The molecule has 2 rings (SSSR count). The summed E-state index contributed by atoms with van der Waals surface area (Å²) in [4.78, 5) is 23.8. The fourth-order valence-electron chi connectivity index (χ4n) is 1.92. The summed E-state index contributed by atoms with van der Waals surface area (Å²) in [6.45, 7) is 2.73. The predicted octanol–water partition coefficient (Wildman–Crippen LogP) is 3.02. The fourth-order valence-corrected chi connectivity index (χ4v) is 2.56. The minimum absolute atomic E-state index is 0.0966. The van der Waals surface area contributed by atoms with Gasteiger partial charge in [-0.05, 0) is 24.4 Å². The van der Waals surface area contributed by atoms with Gasteiger partial charge in [0.15, 0.2) is 0 Å². The monoisotopic (exact) mass is 305 g/mol. The van der Waals surface area contributed by atoms with Gasteiger partial charge in [-0.1, -0.05) is 12.1 Å². The van der Waals surface area contributed by atoms with Crippen molar-refractivity contribution >= 4 is 28.6 Å². The van der Waals surface area contributed by atoms with Crippen LogP contribution < -0.4 is 10.6 Å². The molecule has 21 heavy (non-hydrogen) atoms. The Morgan fingerprint density at radius 2 is 2.14 bits per heavy atom. The van der Waals surface area contributed by atoms with Crippen LogP contribution in [0.5, 0.6) is 0 Å². The van der Waals surface area contributed by atoms with Crippen LogP contribution in [0.2, 0.25) is 0 Å². The lowest BCUT2D eigenvalue weighted by atomic mass is 10.1. The number of anilines is 1. The molecule has 2 N–H and O–H groups in total. The number of hydrogen-bond donors (Lipinski definition) is 2. The van der Waals surface area contributed by atoms with E-state index in [2.05, 4.69) is 10.6 Å². The lowest BCUT2D eigenvalue weighted by Gasteiger charge is -2.11. The molecule has 0 aliphatic rings. The number of thiophene rings is 1. The Morgan fingerprint density at radius 3 is 2.76 bits per heavy atom. The van der Waals surface area contributed by atoms with Crippen LogP contribution in [-0.2, 0) is 6.54 Å². The highest BCUT2D eigenvalue weighted by atomic mass is 32.1. The molecule has 0 fully saturated rings. The van der Waals surface area contributed by atoms with Crippen LogP contribution in [0.1, 0.15) is 22.2 Å². The van der Waals surface area contributed by atoms with E-state index in [1.54, 1.807) is 17.4 Å². The van der Waals surface area contributed by atoms with Crippen LogP contribution >= 0.6 is 11.3 Å². The van der Waals surface area contributed by atoms with Crippen LogP contribution in [0.15, 0.2) is 35.7 Å². The van der Waals surface area contributed by atoms with Gasteiger partial charge in [0, 0.05) is 17.5 Å². The first-order valence-electron chi connectivity index (χ1n) is 6.45. The van der Waals surface area contributed by atoms with E-state index >= 15 is 0 Å². The largest absolute Gasteiger partial charge is 0.379 e. The summed E-state index contributed by atoms with van der Waals surface area (Å²) < 4.78 is 0. The van der Waals surface area contributed by atoms with E-state index in [9.17, 15) is 14.9 Å². The summed E-state index contributed by atoms with van der Waals surface area (Å²) in [7, 11) is 0. The van der Waals surface area contributed by atoms with Gasteiger partial charge < -0.3 is 10.6 Å². The van der Waals surface area contributed by atoms with Crippen molar-refractivity contribution in [2.24, 2.45) is 0 Å². The third-order valence-corrected chi connectivity index (χ3v) is 3.72. The standard InChI is InChI=1S/C14H15N3O3S/c1-2-15-13-11(6-3-7-12(13)17(19)20)14(18)16-9-10-5-4-8-21-10/h3-8,15H,2,9H2,1H3,(H,16,18). The molecule has 6 nitrogen and oxygen atoms in total. The molecule has 0 spiro atoms. The van der Waals surface area contributed by atoms with Crippen molar-refractivity contribution in [3.05, 3.63) is 56.3 Å². The first-order chi connectivity index (χ1) is 10.1. The van der Waals surface area contributed by atoms with Gasteiger partial charge in [-0.3, -0.25) is 14.9 Å². The highest BCUT2D eigenvalue weighted by molar-refractivity contribution is 7.09. The van der Waals surface area contributed by atoms with E-state index in [0.717, 1.165) is 4.88 Å². The Kier molecular flexibility index (Phi) is 4.89. The average Bonchev–Trinajstić information content (AvgIpc) is 2.98. The van der Waals surface area contributed by atoms with E-state index in [0.29, 0.717) is 13.1 Å². The van der Waals surface area contributed by atoms with Crippen LogP contribution in [0.25, 0.3) is 0 Å². The van der Waals surface area contributed by atoms with Gasteiger partial charge in [0.1, 0.15) is 5.69 Å². The van der Waals surface area contributed by atoms with Crippen LogP contribution in [0.3, 0.4) is 0 Å². The van der Waals surface area contributed by atoms with Gasteiger partial charge >= 0.3 is 0 Å². The number of hydrogen-bond acceptors (Lipinski definition) is 5. The molecule has 1 amide bonds. The van der Waals surface area contributed by atoms with E-state index in [4.69, 9.17) is 0 Å². The van der Waals surface area contributed by atoms with Crippen LogP contribution in [-0.4, -0.2) is 17.4 Å². The topological polar surface area (TPSA) is 84.3 Å². The van der Waals surface area contributed by atoms with Crippen molar-refractivity contribution in [1.82, 2.24) is 5.32 Å². The molecule has 0 aliphatic heterocycles. The molecular formula is C14H15N3O3S. The minimum atomic E-state index is -0.492. The molecule has 2 aromatic rings. The van der Waals surface area contributed by atoms with Gasteiger partial charge in [-0.25, -0.2) is 0 Å². The molecule has 1 heterocycles. The summed E-state index contributed by atoms with van der Waals surface area (Å²) in [5, 5.41) is 18.7. The van der Waals surface area contributed by atoms with E-state index in [1.807, 2.05) is 24.4 Å². The predicted molar refractivity (Wildman–Crippen MR) is 82.7 cm³/mol. The summed E-state index contributed by atoms with van der Waals surface area (Å²) in [5.74, 6) is -0.331. The Hall–Kier alpha value is -2.41. The maximum absolute atomic E-state index is 12.2. The van der Waals surface area contributed by atoms with Crippen molar-refractivity contribution in [1.29, 1.82) is 0 Å².